The molecule has 1 amide bonds. The van der Waals surface area contributed by atoms with E-state index in [1.54, 1.807) is 41.3 Å². The highest BCUT2D eigenvalue weighted by Gasteiger charge is 2.22. The number of methoxy groups -OCH3 is 1. The SMILES string of the molecule is CCOc1ccc(N(CCC#N)C(=O)c2cc(Cl)c(OCC(C)C)c(OC)c2)cc1. The summed E-state index contributed by atoms with van der Waals surface area (Å²) >= 11 is 6.41. The van der Waals surface area contributed by atoms with Gasteiger partial charge in [0, 0.05) is 17.8 Å². The van der Waals surface area contributed by atoms with Gasteiger partial charge in [-0.1, -0.05) is 25.4 Å². The molecule has 7 heteroatoms. The lowest BCUT2D eigenvalue weighted by Crippen LogP contribution is -2.31. The highest BCUT2D eigenvalue weighted by atomic mass is 35.5. The van der Waals surface area contributed by atoms with Gasteiger partial charge in [-0.15, -0.1) is 0 Å². The summed E-state index contributed by atoms with van der Waals surface area (Å²) in [6.45, 7) is 7.24. The first-order valence-corrected chi connectivity index (χ1v) is 10.2. The summed E-state index contributed by atoms with van der Waals surface area (Å²) < 4.78 is 16.6. The summed E-state index contributed by atoms with van der Waals surface area (Å²) in [6.07, 6.45) is 0.194. The minimum absolute atomic E-state index is 0.194. The summed E-state index contributed by atoms with van der Waals surface area (Å²) in [6, 6.07) is 12.4. The monoisotopic (exact) mass is 430 g/mol. The number of nitriles is 1. The number of nitrogens with zero attached hydrogens (tertiary/aromatic N) is 2. The van der Waals surface area contributed by atoms with Crippen molar-refractivity contribution in [3.63, 3.8) is 0 Å². The second-order valence-corrected chi connectivity index (χ2v) is 7.39. The Labute approximate surface area is 182 Å². The zero-order valence-corrected chi connectivity index (χ0v) is 18.5. The smallest absolute Gasteiger partial charge is 0.258 e. The van der Waals surface area contributed by atoms with Crippen LogP contribution in [0.4, 0.5) is 5.69 Å². The molecule has 6 nitrogen and oxygen atoms in total. The molecule has 0 saturated carbocycles. The highest BCUT2D eigenvalue weighted by Crippen LogP contribution is 2.37. The van der Waals surface area contributed by atoms with E-state index in [0.29, 0.717) is 52.7 Å². The predicted octanol–water partition coefficient (Wildman–Crippen LogP) is 5.34. The molecule has 0 aromatic heterocycles. The van der Waals surface area contributed by atoms with E-state index in [4.69, 9.17) is 31.1 Å². The number of hydrogen-bond acceptors (Lipinski definition) is 5. The lowest BCUT2D eigenvalue weighted by atomic mass is 10.1. The fourth-order valence-electron chi connectivity index (χ4n) is 2.79. The number of halogens is 1. The molecule has 0 bridgehead atoms. The largest absolute Gasteiger partial charge is 0.494 e. The van der Waals surface area contributed by atoms with Crippen molar-refractivity contribution in [2.75, 3.05) is 31.8 Å². The standard InChI is InChI=1S/C23H27ClN2O4/c1-5-29-19-9-7-18(8-10-19)26(12-6-11-25)23(27)17-13-20(24)22(21(14-17)28-4)30-15-16(2)3/h7-10,13-14,16H,5-6,12,15H2,1-4H3. The van der Waals surface area contributed by atoms with Gasteiger partial charge in [-0.05, 0) is 49.2 Å². The van der Waals surface area contributed by atoms with E-state index in [1.165, 1.54) is 7.11 Å². The molecule has 0 aliphatic rings. The van der Waals surface area contributed by atoms with Crippen molar-refractivity contribution in [3.05, 3.63) is 47.0 Å². The van der Waals surface area contributed by atoms with Crippen LogP contribution in [0.2, 0.25) is 5.02 Å². The first-order valence-electron chi connectivity index (χ1n) is 9.83. The Morgan fingerprint density at radius 3 is 2.47 bits per heavy atom. The number of rotatable bonds is 10. The lowest BCUT2D eigenvalue weighted by Gasteiger charge is -2.23. The second-order valence-electron chi connectivity index (χ2n) is 6.99. The van der Waals surface area contributed by atoms with Crippen molar-refractivity contribution in [1.82, 2.24) is 0 Å². The van der Waals surface area contributed by atoms with Gasteiger partial charge in [-0.2, -0.15) is 5.26 Å². The number of benzene rings is 2. The molecule has 0 heterocycles. The maximum atomic E-state index is 13.3. The van der Waals surface area contributed by atoms with Gasteiger partial charge in [-0.25, -0.2) is 0 Å². The molecule has 30 heavy (non-hydrogen) atoms. The first kappa shape index (κ1) is 23.4. The molecular weight excluding hydrogens is 404 g/mol. The first-order chi connectivity index (χ1) is 14.4. The number of ether oxygens (including phenoxy) is 3. The highest BCUT2D eigenvalue weighted by molar-refractivity contribution is 6.32. The van der Waals surface area contributed by atoms with E-state index in [-0.39, 0.29) is 18.9 Å². The van der Waals surface area contributed by atoms with Gasteiger partial charge in [0.15, 0.2) is 11.5 Å². The number of anilines is 1. The topological polar surface area (TPSA) is 71.8 Å². The molecule has 2 aromatic rings. The van der Waals surface area contributed by atoms with Gasteiger partial charge >= 0.3 is 0 Å². The molecule has 0 unspecified atom stereocenters. The van der Waals surface area contributed by atoms with Crippen molar-refractivity contribution in [3.8, 4) is 23.3 Å². The maximum Gasteiger partial charge on any atom is 0.258 e. The van der Waals surface area contributed by atoms with Gasteiger partial charge < -0.3 is 19.1 Å². The third kappa shape index (κ3) is 6.04. The van der Waals surface area contributed by atoms with Crippen LogP contribution in [-0.2, 0) is 0 Å². The Kier molecular flexibility index (Phi) is 8.82. The number of hydrogen-bond donors (Lipinski definition) is 0. The van der Waals surface area contributed by atoms with Gasteiger partial charge in [-0.3, -0.25) is 4.79 Å². The minimum atomic E-state index is -0.287. The predicted molar refractivity (Wildman–Crippen MR) is 118 cm³/mol. The number of carbonyl (C=O) groups excluding carboxylic acids is 1. The average Bonchev–Trinajstić information content (AvgIpc) is 2.73. The third-order valence-corrected chi connectivity index (χ3v) is 4.47. The van der Waals surface area contributed by atoms with E-state index < -0.39 is 0 Å². The molecule has 0 atom stereocenters. The molecule has 2 aromatic carbocycles. The average molecular weight is 431 g/mol. The van der Waals surface area contributed by atoms with Crippen LogP contribution in [0.3, 0.4) is 0 Å². The van der Waals surface area contributed by atoms with Crippen LogP contribution in [0.25, 0.3) is 0 Å². The van der Waals surface area contributed by atoms with Crippen molar-refractivity contribution in [2.24, 2.45) is 5.92 Å². The molecule has 160 valence electrons. The van der Waals surface area contributed by atoms with Crippen molar-refractivity contribution >= 4 is 23.2 Å². The second kappa shape index (κ2) is 11.3. The van der Waals surface area contributed by atoms with E-state index >= 15 is 0 Å². The molecule has 0 radical (unpaired) electrons. The Bertz CT molecular complexity index is 891. The van der Waals surface area contributed by atoms with Crippen LogP contribution in [0.5, 0.6) is 17.2 Å². The maximum absolute atomic E-state index is 13.3. The zero-order valence-electron chi connectivity index (χ0n) is 17.8. The summed E-state index contributed by atoms with van der Waals surface area (Å²) in [4.78, 5) is 14.8. The van der Waals surface area contributed by atoms with Crippen molar-refractivity contribution in [2.45, 2.75) is 27.2 Å². The van der Waals surface area contributed by atoms with Gasteiger partial charge in [0.2, 0.25) is 0 Å². The van der Waals surface area contributed by atoms with E-state index in [2.05, 4.69) is 6.07 Å². The zero-order chi connectivity index (χ0) is 22.1. The van der Waals surface area contributed by atoms with Gasteiger partial charge in [0.25, 0.3) is 5.91 Å². The molecule has 0 N–H and O–H groups in total. The van der Waals surface area contributed by atoms with Crippen LogP contribution in [0.1, 0.15) is 37.6 Å². The summed E-state index contributed by atoms with van der Waals surface area (Å²) in [5, 5.41) is 9.33. The number of amides is 1. The van der Waals surface area contributed by atoms with Crippen molar-refractivity contribution < 1.29 is 19.0 Å². The van der Waals surface area contributed by atoms with E-state index in [1.807, 2.05) is 20.8 Å². The molecule has 0 spiro atoms. The Morgan fingerprint density at radius 1 is 1.20 bits per heavy atom. The molecule has 0 fully saturated rings. The van der Waals surface area contributed by atoms with E-state index in [0.717, 1.165) is 0 Å². The van der Waals surface area contributed by atoms with Gasteiger partial charge in [0.05, 0.1) is 37.8 Å². The number of carbonyl (C=O) groups is 1. The van der Waals surface area contributed by atoms with E-state index in [9.17, 15) is 4.79 Å². The van der Waals surface area contributed by atoms with Crippen LogP contribution < -0.4 is 19.1 Å². The normalized spacial score (nSPS) is 10.4. The Hall–Kier alpha value is -2.91. The lowest BCUT2D eigenvalue weighted by molar-refractivity contribution is 0.0987. The van der Waals surface area contributed by atoms with Crippen molar-refractivity contribution in [1.29, 1.82) is 5.26 Å². The molecule has 0 aliphatic heterocycles. The summed E-state index contributed by atoms with van der Waals surface area (Å²) in [5.74, 6) is 1.54. The molecular formula is C23H27ClN2O4. The third-order valence-electron chi connectivity index (χ3n) is 4.19. The summed E-state index contributed by atoms with van der Waals surface area (Å²) in [5.41, 5.74) is 1.01. The fourth-order valence-corrected chi connectivity index (χ4v) is 3.05. The Balaban J connectivity index is 2.37. The van der Waals surface area contributed by atoms with Gasteiger partial charge in [0.1, 0.15) is 5.75 Å². The van der Waals surface area contributed by atoms with Crippen LogP contribution in [0.15, 0.2) is 36.4 Å². The molecule has 0 saturated heterocycles. The minimum Gasteiger partial charge on any atom is -0.494 e. The fraction of sp³-hybridized carbons (Fsp3) is 0.391. The summed E-state index contributed by atoms with van der Waals surface area (Å²) in [7, 11) is 1.50. The molecule has 0 aliphatic carbocycles. The quantitative estimate of drug-likeness (QED) is 0.508. The Morgan fingerprint density at radius 2 is 1.90 bits per heavy atom. The van der Waals surface area contributed by atoms with Crippen LogP contribution in [0, 0.1) is 17.2 Å². The van der Waals surface area contributed by atoms with Crippen LogP contribution >= 0.6 is 11.6 Å². The molecule has 2 rings (SSSR count). The van der Waals surface area contributed by atoms with Crippen LogP contribution in [-0.4, -0.2) is 32.8 Å².